The van der Waals surface area contributed by atoms with Crippen LogP contribution in [0.15, 0.2) is 42.5 Å². The van der Waals surface area contributed by atoms with Crippen molar-refractivity contribution in [1.82, 2.24) is 5.32 Å². The van der Waals surface area contributed by atoms with Crippen molar-refractivity contribution in [1.29, 1.82) is 0 Å². The lowest BCUT2D eigenvalue weighted by atomic mass is 10.1. The van der Waals surface area contributed by atoms with Gasteiger partial charge in [0.25, 0.3) is 5.91 Å². The second-order valence-electron chi connectivity index (χ2n) is 4.69. The van der Waals surface area contributed by atoms with Gasteiger partial charge in [0.1, 0.15) is 11.5 Å². The monoisotopic (exact) mass is 305 g/mol. The molecule has 0 atom stereocenters. The molecule has 0 saturated heterocycles. The Kier molecular flexibility index (Phi) is 5.06. The van der Waals surface area contributed by atoms with Crippen LogP contribution >= 0.6 is 11.6 Å². The Bertz CT molecular complexity index is 626. The normalized spacial score (nSPS) is 10.3. The van der Waals surface area contributed by atoms with E-state index in [1.54, 1.807) is 12.1 Å². The third kappa shape index (κ3) is 4.39. The molecule has 21 heavy (non-hydrogen) atoms. The van der Waals surface area contributed by atoms with E-state index in [2.05, 4.69) is 5.32 Å². The molecule has 0 fully saturated rings. The second-order valence-corrected chi connectivity index (χ2v) is 5.12. The van der Waals surface area contributed by atoms with Crippen molar-refractivity contribution in [2.24, 2.45) is 0 Å². The van der Waals surface area contributed by atoms with E-state index in [1.807, 2.05) is 12.1 Å². The number of halogens is 1. The number of hydrogen-bond acceptors (Lipinski definition) is 3. The summed E-state index contributed by atoms with van der Waals surface area (Å²) in [5.41, 5.74) is 1.26. The van der Waals surface area contributed by atoms with E-state index >= 15 is 0 Å². The lowest BCUT2D eigenvalue weighted by Gasteiger charge is -2.07. The zero-order chi connectivity index (χ0) is 15.2. The van der Waals surface area contributed by atoms with Gasteiger partial charge in [-0.15, -0.1) is 0 Å². The molecule has 0 saturated carbocycles. The second kappa shape index (κ2) is 6.99. The largest absolute Gasteiger partial charge is 0.508 e. The molecular weight excluding hydrogens is 290 g/mol. The zero-order valence-electron chi connectivity index (χ0n) is 11.3. The summed E-state index contributed by atoms with van der Waals surface area (Å²) in [5, 5.41) is 22.0. The fraction of sp³-hybridized carbons (Fsp3) is 0.188. The number of hydrogen-bond donors (Lipinski definition) is 3. The predicted octanol–water partition coefficient (Wildman–Crippen LogP) is 3.11. The maximum absolute atomic E-state index is 11.9. The number of rotatable bonds is 5. The number of aromatic hydroxyl groups is 2. The molecule has 2 aromatic carbocycles. The molecule has 2 aromatic rings. The van der Waals surface area contributed by atoms with Crippen molar-refractivity contribution in [2.45, 2.75) is 12.8 Å². The Balaban J connectivity index is 1.81. The van der Waals surface area contributed by atoms with Crippen LogP contribution in [0.2, 0.25) is 5.02 Å². The van der Waals surface area contributed by atoms with Gasteiger partial charge in [-0.2, -0.15) is 0 Å². The molecule has 110 valence electrons. The molecule has 0 radical (unpaired) electrons. The third-order valence-corrected chi connectivity index (χ3v) is 3.30. The Morgan fingerprint density at radius 2 is 1.81 bits per heavy atom. The number of aryl methyl sites for hydroxylation is 1. The summed E-state index contributed by atoms with van der Waals surface area (Å²) in [4.78, 5) is 11.9. The van der Waals surface area contributed by atoms with Gasteiger partial charge in [-0.3, -0.25) is 4.79 Å². The van der Waals surface area contributed by atoms with E-state index < -0.39 is 0 Å². The molecule has 2 rings (SSSR count). The highest BCUT2D eigenvalue weighted by Crippen LogP contribution is 2.21. The molecule has 0 unspecified atom stereocenters. The molecule has 0 aromatic heterocycles. The van der Waals surface area contributed by atoms with E-state index in [4.69, 9.17) is 11.6 Å². The molecular formula is C16H16ClNO3. The fourth-order valence-corrected chi connectivity index (χ4v) is 2.11. The zero-order valence-corrected chi connectivity index (χ0v) is 12.1. The molecule has 0 spiro atoms. The van der Waals surface area contributed by atoms with Crippen LogP contribution in [0.3, 0.4) is 0 Å². The standard InChI is InChI=1S/C16H16ClNO3/c17-12-5-8-15(20)14(10-12)16(21)18-9-1-2-11-3-6-13(19)7-4-11/h3-8,10,19-20H,1-2,9H2,(H,18,21). The predicted molar refractivity (Wildman–Crippen MR) is 81.9 cm³/mol. The molecule has 0 aliphatic rings. The lowest BCUT2D eigenvalue weighted by Crippen LogP contribution is -2.24. The minimum atomic E-state index is -0.347. The number of benzene rings is 2. The van der Waals surface area contributed by atoms with E-state index in [-0.39, 0.29) is 23.0 Å². The highest BCUT2D eigenvalue weighted by molar-refractivity contribution is 6.31. The summed E-state index contributed by atoms with van der Waals surface area (Å²) in [5.74, 6) is -0.195. The molecule has 5 heteroatoms. The summed E-state index contributed by atoms with van der Waals surface area (Å²) < 4.78 is 0. The van der Waals surface area contributed by atoms with Crippen LogP contribution in [0, 0.1) is 0 Å². The Labute approximate surface area is 128 Å². The Hall–Kier alpha value is -2.20. The summed E-state index contributed by atoms with van der Waals surface area (Å²) in [6, 6.07) is 11.3. The SMILES string of the molecule is O=C(NCCCc1ccc(O)cc1)c1cc(Cl)ccc1O. The van der Waals surface area contributed by atoms with Crippen LogP contribution in [0.5, 0.6) is 11.5 Å². The van der Waals surface area contributed by atoms with E-state index in [9.17, 15) is 15.0 Å². The van der Waals surface area contributed by atoms with E-state index in [1.165, 1.54) is 18.2 Å². The third-order valence-electron chi connectivity index (χ3n) is 3.07. The lowest BCUT2D eigenvalue weighted by molar-refractivity contribution is 0.0950. The van der Waals surface area contributed by atoms with Crippen molar-refractivity contribution in [2.75, 3.05) is 6.54 Å². The molecule has 0 aliphatic heterocycles. The minimum Gasteiger partial charge on any atom is -0.508 e. The number of carbonyl (C=O) groups excluding carboxylic acids is 1. The summed E-state index contributed by atoms with van der Waals surface area (Å²) in [7, 11) is 0. The van der Waals surface area contributed by atoms with Crippen LogP contribution in [-0.4, -0.2) is 22.7 Å². The minimum absolute atomic E-state index is 0.0876. The number of nitrogens with one attached hydrogen (secondary N) is 1. The molecule has 1 amide bonds. The number of phenolic OH excluding ortho intramolecular Hbond substituents is 2. The van der Waals surface area contributed by atoms with Gasteiger partial charge in [0.2, 0.25) is 0 Å². The van der Waals surface area contributed by atoms with Gasteiger partial charge in [-0.05, 0) is 48.7 Å². The molecule has 0 aliphatic carbocycles. The average molecular weight is 306 g/mol. The topological polar surface area (TPSA) is 69.6 Å². The van der Waals surface area contributed by atoms with E-state index in [0.29, 0.717) is 11.6 Å². The van der Waals surface area contributed by atoms with Crippen molar-refractivity contribution >= 4 is 17.5 Å². The van der Waals surface area contributed by atoms with Crippen LogP contribution in [0.1, 0.15) is 22.3 Å². The van der Waals surface area contributed by atoms with Gasteiger partial charge in [0.15, 0.2) is 0 Å². The summed E-state index contributed by atoms with van der Waals surface area (Å²) >= 11 is 5.80. The van der Waals surface area contributed by atoms with Gasteiger partial charge in [0, 0.05) is 11.6 Å². The maximum atomic E-state index is 11.9. The maximum Gasteiger partial charge on any atom is 0.255 e. The van der Waals surface area contributed by atoms with Gasteiger partial charge in [-0.1, -0.05) is 23.7 Å². The van der Waals surface area contributed by atoms with Crippen molar-refractivity contribution in [3.05, 3.63) is 58.6 Å². The van der Waals surface area contributed by atoms with Gasteiger partial charge < -0.3 is 15.5 Å². The first-order valence-electron chi connectivity index (χ1n) is 6.61. The molecule has 0 bridgehead atoms. The molecule has 0 heterocycles. The average Bonchev–Trinajstić information content (AvgIpc) is 2.47. The summed E-state index contributed by atoms with van der Waals surface area (Å²) in [6.45, 7) is 0.492. The van der Waals surface area contributed by atoms with Crippen molar-refractivity contribution in [3.63, 3.8) is 0 Å². The fourth-order valence-electron chi connectivity index (χ4n) is 1.94. The van der Waals surface area contributed by atoms with Crippen molar-refractivity contribution in [3.8, 4) is 11.5 Å². The quantitative estimate of drug-likeness (QED) is 0.743. The Morgan fingerprint density at radius 3 is 2.52 bits per heavy atom. The van der Waals surface area contributed by atoms with Crippen LogP contribution in [0.4, 0.5) is 0 Å². The van der Waals surface area contributed by atoms with Crippen LogP contribution < -0.4 is 5.32 Å². The Morgan fingerprint density at radius 1 is 1.10 bits per heavy atom. The van der Waals surface area contributed by atoms with Crippen molar-refractivity contribution < 1.29 is 15.0 Å². The van der Waals surface area contributed by atoms with Gasteiger partial charge in [-0.25, -0.2) is 0 Å². The van der Waals surface area contributed by atoms with E-state index in [0.717, 1.165) is 18.4 Å². The summed E-state index contributed by atoms with van der Waals surface area (Å²) in [6.07, 6.45) is 1.56. The first kappa shape index (κ1) is 15.2. The molecule has 3 N–H and O–H groups in total. The van der Waals surface area contributed by atoms with Gasteiger partial charge in [0.05, 0.1) is 5.56 Å². The number of amides is 1. The first-order valence-corrected chi connectivity index (χ1v) is 6.98. The van der Waals surface area contributed by atoms with Crippen LogP contribution in [0.25, 0.3) is 0 Å². The highest BCUT2D eigenvalue weighted by Gasteiger charge is 2.10. The van der Waals surface area contributed by atoms with Crippen LogP contribution in [-0.2, 0) is 6.42 Å². The van der Waals surface area contributed by atoms with Gasteiger partial charge >= 0.3 is 0 Å². The first-order chi connectivity index (χ1) is 10.1. The smallest absolute Gasteiger partial charge is 0.255 e. The highest BCUT2D eigenvalue weighted by atomic mass is 35.5. The molecule has 4 nitrogen and oxygen atoms in total. The number of carbonyl (C=O) groups is 1. The number of phenols is 2.